The molecule has 6 heteroatoms. The van der Waals surface area contributed by atoms with Gasteiger partial charge >= 0.3 is 6.09 Å². The molecule has 29 heavy (non-hydrogen) atoms. The second-order valence-electron chi connectivity index (χ2n) is 6.90. The molecule has 0 saturated heterocycles. The number of benzene rings is 3. The summed E-state index contributed by atoms with van der Waals surface area (Å²) >= 11 is 6.14. The molecule has 1 aliphatic heterocycles. The number of carbonyl (C=O) groups excluding carboxylic acids is 1. The standard InChI is InChI=1S/C23H19ClFNO3/c24-16-9-10-21(27)19(13-16)22-18-7-4-8-20(25)17(18)11-12-26(22)23(28)29-14-15-5-2-1-3-6-15/h1-10,13,22,27H,11-12,14H2. The zero-order chi connectivity index (χ0) is 20.4. The summed E-state index contributed by atoms with van der Waals surface area (Å²) in [7, 11) is 0. The van der Waals surface area contributed by atoms with Gasteiger partial charge in [-0.25, -0.2) is 9.18 Å². The van der Waals surface area contributed by atoms with Gasteiger partial charge in [-0.15, -0.1) is 0 Å². The molecule has 1 atom stereocenters. The Hall–Kier alpha value is -3.05. The third kappa shape index (κ3) is 3.91. The molecule has 0 radical (unpaired) electrons. The monoisotopic (exact) mass is 411 g/mol. The number of rotatable bonds is 3. The number of hydrogen-bond acceptors (Lipinski definition) is 3. The number of phenolic OH excluding ortho intramolecular Hbond substituents is 1. The zero-order valence-corrected chi connectivity index (χ0v) is 16.3. The minimum absolute atomic E-state index is 0.0163. The van der Waals surface area contributed by atoms with Crippen molar-refractivity contribution >= 4 is 17.7 Å². The fraction of sp³-hybridized carbons (Fsp3) is 0.174. The van der Waals surface area contributed by atoms with Gasteiger partial charge in [-0.3, -0.25) is 4.90 Å². The molecule has 4 nitrogen and oxygen atoms in total. The van der Waals surface area contributed by atoms with Crippen LogP contribution in [0.5, 0.6) is 5.75 Å². The number of ether oxygens (including phenoxy) is 1. The van der Waals surface area contributed by atoms with Gasteiger partial charge in [0, 0.05) is 17.1 Å². The van der Waals surface area contributed by atoms with E-state index in [4.69, 9.17) is 16.3 Å². The number of halogens is 2. The lowest BCUT2D eigenvalue weighted by atomic mass is 9.87. The molecule has 1 unspecified atom stereocenters. The van der Waals surface area contributed by atoms with Crippen LogP contribution in [0.3, 0.4) is 0 Å². The number of hydrogen-bond donors (Lipinski definition) is 1. The molecule has 0 aliphatic carbocycles. The Balaban J connectivity index is 1.70. The maximum Gasteiger partial charge on any atom is 0.410 e. The lowest BCUT2D eigenvalue weighted by molar-refractivity contribution is 0.0830. The van der Waals surface area contributed by atoms with Crippen molar-refractivity contribution in [1.29, 1.82) is 0 Å². The predicted molar refractivity (Wildman–Crippen MR) is 108 cm³/mol. The van der Waals surface area contributed by atoms with Crippen LogP contribution in [0.2, 0.25) is 5.02 Å². The van der Waals surface area contributed by atoms with Crippen LogP contribution in [0.15, 0.2) is 66.7 Å². The molecule has 0 spiro atoms. The lowest BCUT2D eigenvalue weighted by Gasteiger charge is -2.37. The number of nitrogens with zero attached hydrogens (tertiary/aromatic N) is 1. The first-order chi connectivity index (χ1) is 14.0. The molecular formula is C23H19ClFNO3. The first-order valence-electron chi connectivity index (χ1n) is 9.27. The van der Waals surface area contributed by atoms with Gasteiger partial charge in [0.05, 0.1) is 6.04 Å². The Morgan fingerprint density at radius 3 is 2.69 bits per heavy atom. The summed E-state index contributed by atoms with van der Waals surface area (Å²) in [6.45, 7) is 0.388. The number of carbonyl (C=O) groups is 1. The summed E-state index contributed by atoms with van der Waals surface area (Å²) in [6.07, 6.45) is -0.173. The van der Waals surface area contributed by atoms with E-state index in [-0.39, 0.29) is 24.7 Å². The first-order valence-corrected chi connectivity index (χ1v) is 9.65. The van der Waals surface area contributed by atoms with Crippen LogP contribution in [-0.4, -0.2) is 22.6 Å². The normalized spacial score (nSPS) is 15.7. The second kappa shape index (κ2) is 8.13. The van der Waals surface area contributed by atoms with Crippen LogP contribution in [-0.2, 0) is 17.8 Å². The second-order valence-corrected chi connectivity index (χ2v) is 7.33. The topological polar surface area (TPSA) is 49.8 Å². The Labute approximate surface area is 173 Å². The van der Waals surface area contributed by atoms with Gasteiger partial charge in [-0.05, 0) is 47.4 Å². The summed E-state index contributed by atoms with van der Waals surface area (Å²) in [4.78, 5) is 14.5. The largest absolute Gasteiger partial charge is 0.508 e. The maximum atomic E-state index is 14.4. The van der Waals surface area contributed by atoms with Crippen LogP contribution >= 0.6 is 11.6 Å². The Bertz CT molecular complexity index is 1040. The number of amides is 1. The van der Waals surface area contributed by atoms with E-state index < -0.39 is 12.1 Å². The Kier molecular flexibility index (Phi) is 5.41. The highest BCUT2D eigenvalue weighted by atomic mass is 35.5. The number of fused-ring (bicyclic) bond motifs is 1. The van der Waals surface area contributed by atoms with Crippen molar-refractivity contribution in [2.24, 2.45) is 0 Å². The minimum atomic E-state index is -0.698. The molecule has 1 N–H and O–H groups in total. The highest BCUT2D eigenvalue weighted by molar-refractivity contribution is 6.30. The highest BCUT2D eigenvalue weighted by Gasteiger charge is 2.35. The fourth-order valence-corrected chi connectivity index (χ4v) is 3.88. The molecule has 0 saturated carbocycles. The lowest BCUT2D eigenvalue weighted by Crippen LogP contribution is -2.41. The van der Waals surface area contributed by atoms with E-state index in [1.54, 1.807) is 24.3 Å². The minimum Gasteiger partial charge on any atom is -0.508 e. The molecule has 1 aliphatic rings. The van der Waals surface area contributed by atoms with Crippen molar-refractivity contribution in [2.75, 3.05) is 6.54 Å². The van der Waals surface area contributed by atoms with Crippen molar-refractivity contribution < 1.29 is 19.0 Å². The zero-order valence-electron chi connectivity index (χ0n) is 15.5. The van der Waals surface area contributed by atoms with E-state index in [9.17, 15) is 14.3 Å². The SMILES string of the molecule is O=C(OCc1ccccc1)N1CCc2c(F)cccc2C1c1cc(Cl)ccc1O. The Morgan fingerprint density at radius 2 is 1.90 bits per heavy atom. The van der Waals surface area contributed by atoms with Gasteiger partial charge in [0.25, 0.3) is 0 Å². The predicted octanol–water partition coefficient (Wildman–Crippen LogP) is 5.47. The van der Waals surface area contributed by atoms with Gasteiger partial charge in [-0.2, -0.15) is 0 Å². The van der Waals surface area contributed by atoms with Gasteiger partial charge in [0.15, 0.2) is 0 Å². The van der Waals surface area contributed by atoms with Crippen molar-refractivity contribution in [1.82, 2.24) is 4.90 Å². The van der Waals surface area contributed by atoms with Gasteiger partial charge < -0.3 is 9.84 Å². The van der Waals surface area contributed by atoms with Gasteiger partial charge in [-0.1, -0.05) is 54.1 Å². The summed E-state index contributed by atoms with van der Waals surface area (Å²) in [5, 5.41) is 10.9. The summed E-state index contributed by atoms with van der Waals surface area (Å²) in [6, 6.07) is 18.1. The first kappa shape index (κ1) is 19.3. The van der Waals surface area contributed by atoms with E-state index >= 15 is 0 Å². The molecule has 3 aromatic carbocycles. The molecular weight excluding hydrogens is 393 g/mol. The van der Waals surface area contributed by atoms with Gasteiger partial charge in [0.2, 0.25) is 0 Å². The summed E-state index contributed by atoms with van der Waals surface area (Å²) < 4.78 is 19.9. The molecule has 1 heterocycles. The van der Waals surface area contributed by atoms with E-state index in [1.807, 2.05) is 30.3 Å². The number of phenols is 1. The van der Waals surface area contributed by atoms with Crippen molar-refractivity contribution in [3.8, 4) is 5.75 Å². The number of aromatic hydroxyl groups is 1. The molecule has 3 aromatic rings. The third-order valence-electron chi connectivity index (χ3n) is 5.09. The van der Waals surface area contributed by atoms with Crippen LogP contribution in [0.25, 0.3) is 0 Å². The fourth-order valence-electron chi connectivity index (χ4n) is 3.70. The molecule has 1 amide bonds. The van der Waals surface area contributed by atoms with Crippen molar-refractivity contribution in [2.45, 2.75) is 19.1 Å². The summed E-state index contributed by atoms with van der Waals surface area (Å²) in [5.41, 5.74) is 2.45. The third-order valence-corrected chi connectivity index (χ3v) is 5.32. The van der Waals surface area contributed by atoms with E-state index in [0.29, 0.717) is 28.1 Å². The van der Waals surface area contributed by atoms with Crippen LogP contribution in [0.1, 0.15) is 28.3 Å². The molecule has 0 fully saturated rings. The molecule has 0 bridgehead atoms. The van der Waals surface area contributed by atoms with Crippen LogP contribution < -0.4 is 0 Å². The van der Waals surface area contributed by atoms with Gasteiger partial charge in [0.1, 0.15) is 18.2 Å². The molecule has 148 valence electrons. The van der Waals surface area contributed by atoms with E-state index in [1.165, 1.54) is 17.0 Å². The highest BCUT2D eigenvalue weighted by Crippen LogP contribution is 2.41. The smallest absolute Gasteiger partial charge is 0.410 e. The van der Waals surface area contributed by atoms with Crippen LogP contribution in [0, 0.1) is 5.82 Å². The molecule has 0 aromatic heterocycles. The van der Waals surface area contributed by atoms with E-state index in [0.717, 1.165) is 5.56 Å². The quantitative estimate of drug-likeness (QED) is 0.621. The average Bonchev–Trinajstić information content (AvgIpc) is 2.74. The van der Waals surface area contributed by atoms with Crippen LogP contribution in [0.4, 0.5) is 9.18 Å². The van der Waals surface area contributed by atoms with Crippen molar-refractivity contribution in [3.05, 3.63) is 99.8 Å². The summed E-state index contributed by atoms with van der Waals surface area (Å²) in [5.74, 6) is -0.344. The molecule has 4 rings (SSSR count). The average molecular weight is 412 g/mol. The maximum absolute atomic E-state index is 14.4. The Morgan fingerprint density at radius 1 is 1.10 bits per heavy atom. The van der Waals surface area contributed by atoms with E-state index in [2.05, 4.69) is 0 Å². The van der Waals surface area contributed by atoms with Crippen molar-refractivity contribution in [3.63, 3.8) is 0 Å².